The first-order valence-corrected chi connectivity index (χ1v) is 3.81. The minimum absolute atomic E-state index is 0.104. The van der Waals surface area contributed by atoms with Crippen LogP contribution in [-0.2, 0) is 9.78 Å². The first-order chi connectivity index (χ1) is 5.70. The van der Waals surface area contributed by atoms with Crippen molar-refractivity contribution in [3.63, 3.8) is 0 Å². The lowest BCUT2D eigenvalue weighted by molar-refractivity contribution is -0.297. The topological polar surface area (TPSA) is 58.9 Å². The molecule has 0 aromatic heterocycles. The summed E-state index contributed by atoms with van der Waals surface area (Å²) in [5, 5.41) is 17.2. The van der Waals surface area contributed by atoms with E-state index in [4.69, 9.17) is 20.0 Å². The summed E-state index contributed by atoms with van der Waals surface area (Å²) in [5.74, 6) is -0.268. The Bertz CT molecular complexity index is 120. The van der Waals surface area contributed by atoms with Gasteiger partial charge in [0.2, 0.25) is 0 Å². The molecule has 0 fully saturated rings. The van der Waals surface area contributed by atoms with Crippen LogP contribution in [0.4, 0.5) is 0 Å². The normalized spacial score (nSPS) is 10.7. The Labute approximate surface area is 72.3 Å². The van der Waals surface area contributed by atoms with Crippen LogP contribution in [0.2, 0.25) is 0 Å². The molecule has 0 atom stereocenters. The second kappa shape index (κ2) is 7.24. The van der Waals surface area contributed by atoms with Crippen molar-refractivity contribution in [2.24, 2.45) is 5.92 Å². The lowest BCUT2D eigenvalue weighted by Crippen LogP contribution is -2.18. The number of aliphatic hydroxyl groups is 2. The van der Waals surface area contributed by atoms with Crippen LogP contribution in [0.1, 0.15) is 6.92 Å². The zero-order chi connectivity index (χ0) is 9.40. The quantitative estimate of drug-likeness (QED) is 0.250. The highest BCUT2D eigenvalue weighted by molar-refractivity contribution is 4.86. The Kier molecular flexibility index (Phi) is 6.99. The van der Waals surface area contributed by atoms with Gasteiger partial charge in [-0.3, -0.25) is 0 Å². The molecule has 72 valence electrons. The average molecular weight is 176 g/mol. The van der Waals surface area contributed by atoms with Crippen molar-refractivity contribution in [2.45, 2.75) is 6.92 Å². The van der Waals surface area contributed by atoms with E-state index in [2.05, 4.69) is 6.58 Å². The molecule has 0 saturated heterocycles. The van der Waals surface area contributed by atoms with Crippen molar-refractivity contribution in [3.05, 3.63) is 12.2 Å². The van der Waals surface area contributed by atoms with Crippen LogP contribution < -0.4 is 0 Å². The van der Waals surface area contributed by atoms with Crippen LogP contribution in [0.5, 0.6) is 0 Å². The second-order valence-corrected chi connectivity index (χ2v) is 2.73. The van der Waals surface area contributed by atoms with Crippen LogP contribution in [0.25, 0.3) is 0 Å². The first-order valence-electron chi connectivity index (χ1n) is 3.81. The summed E-state index contributed by atoms with van der Waals surface area (Å²) in [7, 11) is 0. The molecule has 0 aliphatic rings. The van der Waals surface area contributed by atoms with Crippen molar-refractivity contribution in [1.29, 1.82) is 0 Å². The van der Waals surface area contributed by atoms with Gasteiger partial charge < -0.3 is 10.2 Å². The van der Waals surface area contributed by atoms with E-state index in [1.54, 1.807) is 0 Å². The number of hydrogen-bond donors (Lipinski definition) is 2. The van der Waals surface area contributed by atoms with E-state index in [1.807, 2.05) is 6.92 Å². The maximum atomic E-state index is 8.62. The van der Waals surface area contributed by atoms with Gasteiger partial charge in [0.05, 0.1) is 19.8 Å². The maximum Gasteiger partial charge on any atom is 0.103 e. The van der Waals surface area contributed by atoms with E-state index in [1.165, 1.54) is 0 Å². The van der Waals surface area contributed by atoms with Crippen molar-refractivity contribution >= 4 is 0 Å². The van der Waals surface area contributed by atoms with Gasteiger partial charge in [-0.15, -0.1) is 0 Å². The van der Waals surface area contributed by atoms with Gasteiger partial charge in [0.25, 0.3) is 0 Å². The monoisotopic (exact) mass is 176 g/mol. The van der Waals surface area contributed by atoms with Gasteiger partial charge in [-0.05, 0) is 6.92 Å². The van der Waals surface area contributed by atoms with Crippen molar-refractivity contribution in [2.75, 3.05) is 26.4 Å². The molecule has 0 bridgehead atoms. The Morgan fingerprint density at radius 3 is 2.33 bits per heavy atom. The molecule has 0 heterocycles. The summed E-state index contributed by atoms with van der Waals surface area (Å²) in [4.78, 5) is 9.42. The molecule has 0 aromatic rings. The number of hydrogen-bond acceptors (Lipinski definition) is 4. The molecule has 0 radical (unpaired) electrons. The standard InChI is InChI=1S/C8H16O4/c1-7(2)5-11-12-6-8(3-9)4-10/h8-10H,1,3-6H2,2H3. The molecular formula is C8H16O4. The van der Waals surface area contributed by atoms with E-state index >= 15 is 0 Å². The molecule has 0 aliphatic carbocycles. The molecule has 0 amide bonds. The summed E-state index contributed by atoms with van der Waals surface area (Å²) in [6, 6.07) is 0. The third kappa shape index (κ3) is 6.30. The Morgan fingerprint density at radius 2 is 1.92 bits per heavy atom. The molecule has 0 saturated carbocycles. The zero-order valence-electron chi connectivity index (χ0n) is 7.32. The van der Waals surface area contributed by atoms with E-state index < -0.39 is 0 Å². The van der Waals surface area contributed by atoms with Gasteiger partial charge in [-0.25, -0.2) is 9.78 Å². The Morgan fingerprint density at radius 1 is 1.33 bits per heavy atom. The van der Waals surface area contributed by atoms with E-state index in [-0.39, 0.29) is 25.7 Å². The molecule has 0 spiro atoms. The Balaban J connectivity index is 3.23. The summed E-state index contributed by atoms with van der Waals surface area (Å²) in [6.45, 7) is 5.75. The smallest absolute Gasteiger partial charge is 0.103 e. The largest absolute Gasteiger partial charge is 0.396 e. The van der Waals surface area contributed by atoms with E-state index in [0.717, 1.165) is 5.57 Å². The van der Waals surface area contributed by atoms with Gasteiger partial charge in [0.15, 0.2) is 0 Å². The molecule has 0 rings (SSSR count). The molecule has 2 N–H and O–H groups in total. The predicted octanol–water partition coefficient (Wildman–Crippen LogP) is 0.112. The number of rotatable bonds is 7. The highest BCUT2D eigenvalue weighted by atomic mass is 17.2. The molecule has 12 heavy (non-hydrogen) atoms. The van der Waals surface area contributed by atoms with E-state index in [9.17, 15) is 0 Å². The summed E-state index contributed by atoms with van der Waals surface area (Å²) < 4.78 is 0. The van der Waals surface area contributed by atoms with Crippen molar-refractivity contribution < 1.29 is 20.0 Å². The zero-order valence-corrected chi connectivity index (χ0v) is 7.32. The van der Waals surface area contributed by atoms with Crippen molar-refractivity contribution in [1.82, 2.24) is 0 Å². The fourth-order valence-electron chi connectivity index (χ4n) is 0.450. The second-order valence-electron chi connectivity index (χ2n) is 2.73. The van der Waals surface area contributed by atoms with Gasteiger partial charge in [-0.2, -0.15) is 0 Å². The third-order valence-electron chi connectivity index (χ3n) is 1.21. The highest BCUT2D eigenvalue weighted by Crippen LogP contribution is 1.96. The maximum absolute atomic E-state index is 8.62. The van der Waals surface area contributed by atoms with Crippen LogP contribution in [-0.4, -0.2) is 36.6 Å². The molecule has 0 aliphatic heterocycles. The molecule has 0 unspecified atom stereocenters. The summed E-state index contributed by atoms with van der Waals surface area (Å²) in [6.07, 6.45) is 0. The van der Waals surface area contributed by atoms with Crippen LogP contribution in [0.3, 0.4) is 0 Å². The molecule has 4 nitrogen and oxygen atoms in total. The minimum atomic E-state index is -0.268. The van der Waals surface area contributed by atoms with Gasteiger partial charge in [0, 0.05) is 5.92 Å². The van der Waals surface area contributed by atoms with Crippen LogP contribution >= 0.6 is 0 Å². The van der Waals surface area contributed by atoms with Gasteiger partial charge in [-0.1, -0.05) is 12.2 Å². The molecular weight excluding hydrogens is 160 g/mol. The van der Waals surface area contributed by atoms with E-state index in [0.29, 0.717) is 6.61 Å². The summed E-state index contributed by atoms with van der Waals surface area (Å²) in [5.41, 5.74) is 0.861. The lowest BCUT2D eigenvalue weighted by atomic mass is 10.2. The minimum Gasteiger partial charge on any atom is -0.396 e. The highest BCUT2D eigenvalue weighted by Gasteiger charge is 2.05. The lowest BCUT2D eigenvalue weighted by Gasteiger charge is -2.09. The van der Waals surface area contributed by atoms with Gasteiger partial charge in [0.1, 0.15) is 6.61 Å². The predicted molar refractivity (Wildman–Crippen MR) is 44.4 cm³/mol. The SMILES string of the molecule is C=C(C)COOCC(CO)CO. The first kappa shape index (κ1) is 11.6. The van der Waals surface area contributed by atoms with Crippen LogP contribution in [0, 0.1) is 5.92 Å². The molecule has 0 aromatic carbocycles. The summed E-state index contributed by atoms with van der Waals surface area (Å²) >= 11 is 0. The Hall–Kier alpha value is -0.420. The average Bonchev–Trinajstić information content (AvgIpc) is 2.04. The third-order valence-corrected chi connectivity index (χ3v) is 1.21. The fraction of sp³-hybridized carbons (Fsp3) is 0.750. The van der Waals surface area contributed by atoms with Gasteiger partial charge >= 0.3 is 0 Å². The molecule has 4 heteroatoms. The fourth-order valence-corrected chi connectivity index (χ4v) is 0.450. The number of aliphatic hydroxyl groups excluding tert-OH is 2. The van der Waals surface area contributed by atoms with Crippen molar-refractivity contribution in [3.8, 4) is 0 Å². The van der Waals surface area contributed by atoms with Crippen LogP contribution in [0.15, 0.2) is 12.2 Å².